The van der Waals surface area contributed by atoms with E-state index in [0.29, 0.717) is 13.1 Å². The summed E-state index contributed by atoms with van der Waals surface area (Å²) in [6.07, 6.45) is 2.31. The predicted molar refractivity (Wildman–Crippen MR) is 147 cm³/mol. The lowest BCUT2D eigenvalue weighted by atomic mass is 9.88. The maximum absolute atomic E-state index is 13.2. The number of non-ortho nitro benzene ring substituents is 1. The fourth-order valence-corrected chi connectivity index (χ4v) is 5.14. The van der Waals surface area contributed by atoms with Gasteiger partial charge in [0.15, 0.2) is 0 Å². The molecule has 0 radical (unpaired) electrons. The molecule has 1 N–H and O–H groups in total. The Morgan fingerprint density at radius 2 is 1.71 bits per heavy atom. The zero-order valence-corrected chi connectivity index (χ0v) is 21.3. The summed E-state index contributed by atoms with van der Waals surface area (Å²) in [7, 11) is 0. The van der Waals surface area contributed by atoms with Gasteiger partial charge in [0, 0.05) is 74.3 Å². The zero-order chi connectivity index (χ0) is 26.3. The number of hydrogen-bond donors (Lipinski definition) is 1. The Bertz CT molecular complexity index is 1380. The molecule has 1 aliphatic heterocycles. The van der Waals surface area contributed by atoms with Crippen LogP contribution in [0.4, 0.5) is 5.69 Å². The van der Waals surface area contributed by atoms with Gasteiger partial charge in [-0.3, -0.25) is 19.8 Å². The van der Waals surface area contributed by atoms with E-state index in [1.807, 2.05) is 54.6 Å². The summed E-state index contributed by atoms with van der Waals surface area (Å²) < 4.78 is 7.52. The standard InChI is InChI=1S/C30H32N4O4/c35-30(31-13-14-32-15-17-38-18-16-32)20-26(24-9-5-2-6-10-24)28-22-33(21-23-7-3-1-4-8-23)29-12-11-25(34(36)37)19-27(28)29/h1-12,19,22,26H,13-18,20-21H2,(H,31,35)/t26-/m0/s1. The molecule has 8 nitrogen and oxygen atoms in total. The maximum atomic E-state index is 13.2. The lowest BCUT2D eigenvalue weighted by Crippen LogP contribution is -2.41. The summed E-state index contributed by atoms with van der Waals surface area (Å²) >= 11 is 0. The van der Waals surface area contributed by atoms with Crippen molar-refractivity contribution >= 4 is 22.5 Å². The van der Waals surface area contributed by atoms with Gasteiger partial charge in [-0.25, -0.2) is 0 Å². The molecule has 3 aromatic carbocycles. The number of carbonyl (C=O) groups excluding carboxylic acids is 1. The highest BCUT2D eigenvalue weighted by molar-refractivity contribution is 5.88. The van der Waals surface area contributed by atoms with Gasteiger partial charge in [-0.2, -0.15) is 0 Å². The van der Waals surface area contributed by atoms with Crippen molar-refractivity contribution in [2.24, 2.45) is 0 Å². The number of rotatable bonds is 10. The SMILES string of the molecule is O=C(C[C@@H](c1ccccc1)c1cn(Cc2ccccc2)c2ccc([N+](=O)[O-])cc12)NCCN1CCOCC1. The van der Waals surface area contributed by atoms with E-state index in [0.717, 1.165) is 60.4 Å². The minimum atomic E-state index is -0.367. The number of fused-ring (bicyclic) bond motifs is 1. The number of morpholine rings is 1. The van der Waals surface area contributed by atoms with E-state index in [4.69, 9.17) is 4.74 Å². The van der Waals surface area contributed by atoms with E-state index < -0.39 is 0 Å². The summed E-state index contributed by atoms with van der Waals surface area (Å²) in [5.41, 5.74) is 3.99. The molecule has 5 rings (SSSR count). The van der Waals surface area contributed by atoms with Crippen molar-refractivity contribution in [1.82, 2.24) is 14.8 Å². The Kier molecular flexibility index (Phi) is 8.11. The minimum Gasteiger partial charge on any atom is -0.379 e. The third kappa shape index (κ3) is 6.10. The summed E-state index contributed by atoms with van der Waals surface area (Å²) in [6, 6.07) is 25.0. The highest BCUT2D eigenvalue weighted by Gasteiger charge is 2.24. The predicted octanol–water partition coefficient (Wildman–Crippen LogP) is 4.57. The molecule has 4 aromatic rings. The second-order valence-corrected chi connectivity index (χ2v) is 9.63. The molecule has 1 amide bonds. The Balaban J connectivity index is 1.46. The van der Waals surface area contributed by atoms with E-state index in [-0.39, 0.29) is 28.9 Å². The number of carbonyl (C=O) groups is 1. The van der Waals surface area contributed by atoms with Gasteiger partial charge < -0.3 is 14.6 Å². The molecule has 0 bridgehead atoms. The van der Waals surface area contributed by atoms with Crippen molar-refractivity contribution in [2.75, 3.05) is 39.4 Å². The first-order chi connectivity index (χ1) is 18.6. The normalized spacial score (nSPS) is 14.8. The first kappa shape index (κ1) is 25.6. The molecular weight excluding hydrogens is 480 g/mol. The van der Waals surface area contributed by atoms with Crippen LogP contribution in [0, 0.1) is 10.1 Å². The van der Waals surface area contributed by atoms with Gasteiger partial charge >= 0.3 is 0 Å². The molecule has 0 unspecified atom stereocenters. The number of nitro groups is 1. The average molecular weight is 513 g/mol. The zero-order valence-electron chi connectivity index (χ0n) is 21.3. The van der Waals surface area contributed by atoms with Crippen LogP contribution in [0.25, 0.3) is 10.9 Å². The average Bonchev–Trinajstić information content (AvgIpc) is 3.30. The molecule has 1 atom stereocenters. The molecule has 1 fully saturated rings. The van der Waals surface area contributed by atoms with Crippen molar-refractivity contribution in [3.8, 4) is 0 Å². The molecule has 0 aliphatic carbocycles. The Morgan fingerprint density at radius 3 is 2.42 bits per heavy atom. The third-order valence-electron chi connectivity index (χ3n) is 7.12. The molecule has 1 aromatic heterocycles. The number of nitrogens with zero attached hydrogens (tertiary/aromatic N) is 3. The summed E-state index contributed by atoms with van der Waals surface area (Å²) in [6.45, 7) is 5.19. The number of nitrogens with one attached hydrogen (secondary N) is 1. The van der Waals surface area contributed by atoms with Crippen LogP contribution in [0.15, 0.2) is 85.1 Å². The van der Waals surface area contributed by atoms with E-state index in [9.17, 15) is 14.9 Å². The summed E-state index contributed by atoms with van der Waals surface area (Å²) in [5, 5.41) is 15.5. The van der Waals surface area contributed by atoms with E-state index >= 15 is 0 Å². The molecule has 0 spiro atoms. The van der Waals surface area contributed by atoms with Crippen LogP contribution in [-0.2, 0) is 16.1 Å². The van der Waals surface area contributed by atoms with Gasteiger partial charge in [-0.1, -0.05) is 60.7 Å². The number of aromatic nitrogens is 1. The summed E-state index contributed by atoms with van der Waals surface area (Å²) in [4.78, 5) is 26.7. The number of ether oxygens (including phenoxy) is 1. The molecule has 196 valence electrons. The van der Waals surface area contributed by atoms with Crippen molar-refractivity contribution in [3.05, 3.63) is 112 Å². The summed E-state index contributed by atoms with van der Waals surface area (Å²) in [5.74, 6) is -0.289. The van der Waals surface area contributed by atoms with Crippen molar-refractivity contribution < 1.29 is 14.5 Å². The fraction of sp³-hybridized carbons (Fsp3) is 0.300. The maximum Gasteiger partial charge on any atom is 0.270 e. The van der Waals surface area contributed by atoms with Crippen LogP contribution in [0.2, 0.25) is 0 Å². The number of hydrogen-bond acceptors (Lipinski definition) is 5. The quantitative estimate of drug-likeness (QED) is 0.248. The molecule has 8 heteroatoms. The number of nitro benzene ring substituents is 1. The van der Waals surface area contributed by atoms with E-state index in [1.165, 1.54) is 0 Å². The third-order valence-corrected chi connectivity index (χ3v) is 7.12. The van der Waals surface area contributed by atoms with Crippen molar-refractivity contribution in [1.29, 1.82) is 0 Å². The number of amides is 1. The van der Waals surface area contributed by atoms with Crippen LogP contribution >= 0.6 is 0 Å². The van der Waals surface area contributed by atoms with Crippen LogP contribution in [0.5, 0.6) is 0 Å². The van der Waals surface area contributed by atoms with Gasteiger partial charge in [-0.05, 0) is 22.8 Å². The first-order valence-corrected chi connectivity index (χ1v) is 13.0. The molecule has 38 heavy (non-hydrogen) atoms. The van der Waals surface area contributed by atoms with Crippen LogP contribution in [-0.4, -0.2) is 59.7 Å². The Morgan fingerprint density at radius 1 is 1.00 bits per heavy atom. The van der Waals surface area contributed by atoms with Gasteiger partial charge in [0.1, 0.15) is 0 Å². The second kappa shape index (κ2) is 12.0. The Hall–Kier alpha value is -4.01. The van der Waals surface area contributed by atoms with Crippen LogP contribution < -0.4 is 5.32 Å². The van der Waals surface area contributed by atoms with Gasteiger partial charge in [-0.15, -0.1) is 0 Å². The topological polar surface area (TPSA) is 89.6 Å². The molecule has 1 aliphatic rings. The minimum absolute atomic E-state index is 0.0398. The highest BCUT2D eigenvalue weighted by atomic mass is 16.6. The van der Waals surface area contributed by atoms with Crippen molar-refractivity contribution in [2.45, 2.75) is 18.9 Å². The second-order valence-electron chi connectivity index (χ2n) is 9.63. The van der Waals surface area contributed by atoms with Gasteiger partial charge in [0.2, 0.25) is 5.91 Å². The van der Waals surface area contributed by atoms with Crippen molar-refractivity contribution in [3.63, 3.8) is 0 Å². The number of benzene rings is 3. The molecule has 1 saturated heterocycles. The Labute approximate surface area is 222 Å². The van der Waals surface area contributed by atoms with E-state index in [1.54, 1.807) is 12.1 Å². The van der Waals surface area contributed by atoms with E-state index in [2.05, 4.69) is 33.1 Å². The fourth-order valence-electron chi connectivity index (χ4n) is 5.14. The van der Waals surface area contributed by atoms with Crippen LogP contribution in [0.3, 0.4) is 0 Å². The van der Waals surface area contributed by atoms with Crippen LogP contribution in [0.1, 0.15) is 29.0 Å². The highest BCUT2D eigenvalue weighted by Crippen LogP contribution is 2.36. The van der Waals surface area contributed by atoms with Gasteiger partial charge in [0.25, 0.3) is 5.69 Å². The first-order valence-electron chi connectivity index (χ1n) is 13.0. The lowest BCUT2D eigenvalue weighted by molar-refractivity contribution is -0.384. The monoisotopic (exact) mass is 512 g/mol. The molecule has 2 heterocycles. The molecule has 0 saturated carbocycles. The lowest BCUT2D eigenvalue weighted by Gasteiger charge is -2.26. The largest absolute Gasteiger partial charge is 0.379 e. The smallest absolute Gasteiger partial charge is 0.270 e. The molecular formula is C30H32N4O4. The van der Waals surface area contributed by atoms with Gasteiger partial charge in [0.05, 0.1) is 18.1 Å².